The lowest BCUT2D eigenvalue weighted by molar-refractivity contribution is -0.157. The van der Waals surface area contributed by atoms with Crippen LogP contribution in [0.1, 0.15) is 71.1 Å². The zero-order valence-corrected chi connectivity index (χ0v) is 34.0. The van der Waals surface area contributed by atoms with Crippen LogP contribution in [0, 0.1) is 11.6 Å². The van der Waals surface area contributed by atoms with E-state index in [1.807, 2.05) is 0 Å². The van der Waals surface area contributed by atoms with Gasteiger partial charge in [-0.1, -0.05) is 26.0 Å². The number of aliphatic carboxylic acids is 1. The molecule has 2 saturated heterocycles. The van der Waals surface area contributed by atoms with Crippen molar-refractivity contribution in [3.05, 3.63) is 58.2 Å². The van der Waals surface area contributed by atoms with Gasteiger partial charge in [0.1, 0.15) is 30.3 Å². The number of ether oxygens (including phenoxy) is 3. The maximum Gasteiger partial charge on any atom is 0.446 e. The highest BCUT2D eigenvalue weighted by molar-refractivity contribution is 6.07. The number of hydrogen-bond acceptors (Lipinski definition) is 12. The van der Waals surface area contributed by atoms with Crippen LogP contribution in [0.3, 0.4) is 0 Å². The Balaban J connectivity index is 0.000000283. The molecular formula is C38H43F5N6O13. The molecule has 5 N–H and O–H groups in total. The van der Waals surface area contributed by atoms with Crippen molar-refractivity contribution >= 4 is 65.7 Å². The Morgan fingerprint density at radius 1 is 0.806 bits per heavy atom. The lowest BCUT2D eigenvalue weighted by Gasteiger charge is -2.22. The molecule has 24 heteroatoms. The summed E-state index contributed by atoms with van der Waals surface area (Å²) in [5.74, 6) is -5.11. The molecule has 4 aliphatic rings. The third kappa shape index (κ3) is 10.5. The van der Waals surface area contributed by atoms with E-state index in [1.54, 1.807) is 27.7 Å². The minimum absolute atomic E-state index is 0.00335. The van der Waals surface area contributed by atoms with Crippen LogP contribution in [-0.4, -0.2) is 108 Å². The number of amides is 8. The molecule has 2 atom stereocenters. The van der Waals surface area contributed by atoms with Crippen molar-refractivity contribution in [2.24, 2.45) is 0 Å². The van der Waals surface area contributed by atoms with Gasteiger partial charge in [-0.25, -0.2) is 37.8 Å². The number of carbonyl (C=O) groups excluding carboxylic acids is 8. The second kappa shape index (κ2) is 19.2. The van der Waals surface area contributed by atoms with Gasteiger partial charge in [-0.3, -0.25) is 24.0 Å². The van der Waals surface area contributed by atoms with Crippen molar-refractivity contribution in [3.8, 4) is 0 Å². The third-order valence-electron chi connectivity index (χ3n) is 9.04. The molecule has 2 fully saturated rings. The number of urea groups is 2. The Labute approximate surface area is 351 Å². The molecule has 0 bridgehead atoms. The van der Waals surface area contributed by atoms with E-state index in [0.717, 1.165) is 0 Å². The first kappa shape index (κ1) is 47.8. The monoisotopic (exact) mass is 887 g/mol. The van der Waals surface area contributed by atoms with Gasteiger partial charge < -0.3 is 40.6 Å². The summed E-state index contributed by atoms with van der Waals surface area (Å²) in [5.41, 5.74) is -3.60. The molecule has 0 saturated carbocycles. The molecule has 19 nitrogen and oxygen atoms in total. The predicted molar refractivity (Wildman–Crippen MR) is 202 cm³/mol. The van der Waals surface area contributed by atoms with Crippen LogP contribution < -0.4 is 21.3 Å². The minimum Gasteiger partial charge on any atom is -0.480 e. The fraction of sp³-hybridized carbons (Fsp3) is 0.447. The smallest absolute Gasteiger partial charge is 0.446 e. The number of hydrogen-bond donors (Lipinski definition) is 5. The van der Waals surface area contributed by atoms with E-state index >= 15 is 0 Å². The molecule has 2 spiro atoms. The van der Waals surface area contributed by atoms with Crippen molar-refractivity contribution in [2.75, 3.05) is 37.8 Å². The maximum absolute atomic E-state index is 14.8. The number of fused-ring (bicyclic) bond motifs is 4. The van der Waals surface area contributed by atoms with E-state index in [-0.39, 0.29) is 59.3 Å². The molecule has 2 aromatic rings. The number of alkyl halides is 3. The number of nitrogens with one attached hydrogen (secondary N) is 4. The Bertz CT molecular complexity index is 2190. The van der Waals surface area contributed by atoms with E-state index < -0.39 is 102 Å². The van der Waals surface area contributed by atoms with E-state index in [9.17, 15) is 60.3 Å². The number of nitrogens with zero attached hydrogens (tertiary/aromatic N) is 2. The topological polar surface area (TPSA) is 256 Å². The molecule has 6 rings (SSSR count). The maximum atomic E-state index is 14.8. The standard InChI is InChI=1S/C19H22FN3O6.C15H14FN3O6.C2HF3O.C2H6/c1-18(2,3)28-13(24)9-23-15(25)19(29-17(23)27)8-7-10-11(19)5-6-12(14(10)20)22-16(26)21-4;1-17-13(23)18-9-3-2-8-7(11(9)16)4-5-15(8)12(22)19(6-10(20)21)14(24)25-15;3-2(4,5)1-6;1-2/h5-6H,7-9H2,1-4H3,(H2,21,22,26);2-3H,4-6H2,1H3,(H,20,21)(H2,17,18,23);1H;1-2H3/t19-;15-;;/m00../s1/i;;;1D. The highest BCUT2D eigenvalue weighted by atomic mass is 19.4. The van der Waals surface area contributed by atoms with Gasteiger partial charge >= 0.3 is 42.4 Å². The molecule has 8 amide bonds. The van der Waals surface area contributed by atoms with Gasteiger partial charge in [-0.15, -0.1) is 0 Å². The van der Waals surface area contributed by atoms with Gasteiger partial charge in [0.15, 0.2) is 0 Å². The second-order valence-electron chi connectivity index (χ2n) is 14.1. The summed E-state index contributed by atoms with van der Waals surface area (Å²) < 4.78 is 82.6. The molecule has 62 heavy (non-hydrogen) atoms. The molecule has 2 aliphatic heterocycles. The van der Waals surface area contributed by atoms with Crippen LogP contribution in [0.15, 0.2) is 24.3 Å². The van der Waals surface area contributed by atoms with Crippen LogP contribution in [0.25, 0.3) is 0 Å². The van der Waals surface area contributed by atoms with E-state index in [1.165, 1.54) is 38.4 Å². The molecule has 0 unspecified atom stereocenters. The lowest BCUT2D eigenvalue weighted by Crippen LogP contribution is -2.41. The average molecular weight is 888 g/mol. The van der Waals surface area contributed by atoms with Crippen molar-refractivity contribution in [3.63, 3.8) is 0 Å². The molecule has 2 aliphatic carbocycles. The molecule has 338 valence electrons. The summed E-state index contributed by atoms with van der Waals surface area (Å²) in [4.78, 5) is 105. The second-order valence-corrected chi connectivity index (χ2v) is 14.1. The summed E-state index contributed by atoms with van der Waals surface area (Å²) in [6.45, 7) is 5.86. The Morgan fingerprint density at radius 2 is 1.18 bits per heavy atom. The van der Waals surface area contributed by atoms with Gasteiger partial charge in [0.05, 0.1) is 11.4 Å². The number of aldehydes is 1. The fourth-order valence-corrected chi connectivity index (χ4v) is 6.59. The SMILES string of the molecule is CNC(=O)Nc1ccc2c(c1F)CC[C@]21OC(=O)N(CC(=O)O)C1=O.CNC(=O)Nc1ccc2c(c1F)CC[C@]21OC(=O)N(CC(=O)OC(C)(C)C)C1=O.O=CC(F)(F)F.[2H]CC. The first-order valence-electron chi connectivity index (χ1n) is 18.9. The van der Waals surface area contributed by atoms with Crippen LogP contribution in [0.4, 0.5) is 52.5 Å². The number of carboxylic acids is 1. The van der Waals surface area contributed by atoms with E-state index in [4.69, 9.17) is 25.5 Å². The molecule has 2 aromatic carbocycles. The number of carboxylic acid groups (broad SMARTS) is 1. The summed E-state index contributed by atoms with van der Waals surface area (Å²) >= 11 is 0. The highest BCUT2D eigenvalue weighted by Crippen LogP contribution is 2.48. The van der Waals surface area contributed by atoms with E-state index in [0.29, 0.717) is 16.7 Å². The van der Waals surface area contributed by atoms with Crippen LogP contribution in [0.5, 0.6) is 0 Å². The van der Waals surface area contributed by atoms with Crippen molar-refractivity contribution in [2.45, 2.75) is 83.3 Å². The average Bonchev–Trinajstić information content (AvgIpc) is 3.89. The highest BCUT2D eigenvalue weighted by Gasteiger charge is 2.60. The van der Waals surface area contributed by atoms with Crippen LogP contribution >= 0.6 is 0 Å². The van der Waals surface area contributed by atoms with Gasteiger partial charge in [-0.05, 0) is 56.9 Å². The zero-order chi connectivity index (χ0) is 47.8. The van der Waals surface area contributed by atoms with Crippen LogP contribution in [0.2, 0.25) is 0 Å². The number of esters is 1. The summed E-state index contributed by atoms with van der Waals surface area (Å²) in [6.07, 6.45) is -7.49. The van der Waals surface area contributed by atoms with Crippen molar-refractivity contribution in [1.82, 2.24) is 20.4 Å². The molecule has 0 aromatic heterocycles. The Hall–Kier alpha value is -6.88. The molecular weight excluding hydrogens is 843 g/mol. The lowest BCUT2D eigenvalue weighted by atomic mass is 9.94. The quantitative estimate of drug-likeness (QED) is 0.115. The van der Waals surface area contributed by atoms with Crippen molar-refractivity contribution < 1.29 is 85.8 Å². The Kier molecular flexibility index (Phi) is 14.8. The summed E-state index contributed by atoms with van der Waals surface area (Å²) in [5, 5.41) is 18.1. The van der Waals surface area contributed by atoms with Gasteiger partial charge in [0.2, 0.25) is 17.5 Å². The number of halogens is 5. The first-order valence-corrected chi connectivity index (χ1v) is 18.2. The molecule has 2 heterocycles. The number of carbonyl (C=O) groups is 9. The van der Waals surface area contributed by atoms with Gasteiger partial charge in [-0.2, -0.15) is 13.2 Å². The van der Waals surface area contributed by atoms with Gasteiger partial charge in [0.25, 0.3) is 11.8 Å². The largest absolute Gasteiger partial charge is 0.480 e. The normalized spacial score (nSPS) is 19.6. The third-order valence-corrected chi connectivity index (χ3v) is 9.04. The number of rotatable bonds is 6. The minimum atomic E-state index is -4.64. The fourth-order valence-electron chi connectivity index (χ4n) is 6.59. The zero-order valence-electron chi connectivity index (χ0n) is 35.0. The Morgan fingerprint density at radius 3 is 1.50 bits per heavy atom. The van der Waals surface area contributed by atoms with Crippen molar-refractivity contribution in [1.29, 1.82) is 0 Å². The molecule has 0 radical (unpaired) electrons. The predicted octanol–water partition coefficient (Wildman–Crippen LogP) is 4.59. The number of imide groups is 2. The number of anilines is 2. The van der Waals surface area contributed by atoms with Crippen LogP contribution in [-0.2, 0) is 62.2 Å². The van der Waals surface area contributed by atoms with Gasteiger partial charge in [0, 0.05) is 39.4 Å². The summed E-state index contributed by atoms with van der Waals surface area (Å²) in [7, 11) is 2.77. The first-order chi connectivity index (χ1) is 29.3. The number of benzene rings is 2. The van der Waals surface area contributed by atoms with E-state index in [2.05, 4.69) is 21.3 Å². The summed E-state index contributed by atoms with van der Waals surface area (Å²) in [6, 6.07) is 4.20.